The summed E-state index contributed by atoms with van der Waals surface area (Å²) in [4.78, 5) is 0. The van der Waals surface area contributed by atoms with Crippen LogP contribution in [-0.2, 0) is 0 Å². The third kappa shape index (κ3) is 3.83. The van der Waals surface area contributed by atoms with Crippen LogP contribution in [0.5, 0.6) is 11.5 Å². The van der Waals surface area contributed by atoms with Crippen LogP contribution in [0.3, 0.4) is 0 Å². The van der Waals surface area contributed by atoms with Crippen LogP contribution in [0.2, 0.25) is 0 Å². The van der Waals surface area contributed by atoms with Crippen LogP contribution in [0, 0.1) is 0 Å². The standard InChI is InChI=1S/C15H14F6N4O2/c16-14(17,18)13(15(19,20)21,26-11-5-7(22)1-3-9(11)24)27-12-6-8(23)2-4-10(12)25/h1-6H,22-25H2. The topological polar surface area (TPSA) is 123 Å². The number of alkyl halides is 6. The van der Waals surface area contributed by atoms with Crippen LogP contribution in [0.25, 0.3) is 0 Å². The average Bonchev–Trinajstić information content (AvgIpc) is 2.51. The van der Waals surface area contributed by atoms with Gasteiger partial charge in [0.15, 0.2) is 0 Å². The lowest BCUT2D eigenvalue weighted by molar-refractivity contribution is -0.422. The Morgan fingerprint density at radius 2 is 0.926 bits per heavy atom. The molecule has 0 fully saturated rings. The van der Waals surface area contributed by atoms with Gasteiger partial charge in [-0.2, -0.15) is 26.3 Å². The van der Waals surface area contributed by atoms with Crippen molar-refractivity contribution in [1.29, 1.82) is 0 Å². The van der Waals surface area contributed by atoms with Crippen molar-refractivity contribution >= 4 is 22.7 Å². The number of halogens is 6. The smallest absolute Gasteiger partial charge is 0.436 e. The summed E-state index contributed by atoms with van der Waals surface area (Å²) in [5.41, 5.74) is 20.2. The molecule has 0 aromatic heterocycles. The van der Waals surface area contributed by atoms with E-state index in [1.807, 2.05) is 0 Å². The van der Waals surface area contributed by atoms with Gasteiger partial charge < -0.3 is 32.4 Å². The number of rotatable bonds is 4. The predicted octanol–water partition coefficient (Wildman–Crippen LogP) is 3.29. The summed E-state index contributed by atoms with van der Waals surface area (Å²) in [7, 11) is 0. The molecule has 0 aliphatic rings. The molecule has 0 saturated carbocycles. The van der Waals surface area contributed by atoms with Crippen molar-refractivity contribution in [2.45, 2.75) is 18.1 Å². The van der Waals surface area contributed by atoms with Gasteiger partial charge in [0.05, 0.1) is 11.4 Å². The maximum absolute atomic E-state index is 13.6. The summed E-state index contributed by atoms with van der Waals surface area (Å²) in [5, 5.41) is 0. The number of ether oxygens (including phenoxy) is 2. The molecule has 0 unspecified atom stereocenters. The van der Waals surface area contributed by atoms with E-state index in [0.717, 1.165) is 12.1 Å². The quantitative estimate of drug-likeness (QED) is 0.357. The van der Waals surface area contributed by atoms with Gasteiger partial charge in [0.1, 0.15) is 11.5 Å². The van der Waals surface area contributed by atoms with Crippen molar-refractivity contribution in [2.24, 2.45) is 0 Å². The Morgan fingerprint density at radius 1 is 0.593 bits per heavy atom. The monoisotopic (exact) mass is 396 g/mol. The first-order valence-electron chi connectivity index (χ1n) is 7.08. The van der Waals surface area contributed by atoms with E-state index in [1.54, 1.807) is 0 Å². The predicted molar refractivity (Wildman–Crippen MR) is 86.6 cm³/mol. The van der Waals surface area contributed by atoms with Gasteiger partial charge >= 0.3 is 18.1 Å². The number of hydrogen-bond acceptors (Lipinski definition) is 6. The zero-order valence-corrected chi connectivity index (χ0v) is 13.4. The van der Waals surface area contributed by atoms with Crippen LogP contribution in [0.4, 0.5) is 49.1 Å². The zero-order valence-electron chi connectivity index (χ0n) is 13.4. The van der Waals surface area contributed by atoms with E-state index >= 15 is 0 Å². The summed E-state index contributed by atoms with van der Waals surface area (Å²) in [6.07, 6.45) is -12.2. The number of benzene rings is 2. The van der Waals surface area contributed by atoms with E-state index in [4.69, 9.17) is 22.9 Å². The lowest BCUT2D eigenvalue weighted by atomic mass is 10.2. The van der Waals surface area contributed by atoms with Crippen LogP contribution in [0.15, 0.2) is 36.4 Å². The first kappa shape index (κ1) is 20.1. The fourth-order valence-corrected chi connectivity index (χ4v) is 2.00. The summed E-state index contributed by atoms with van der Waals surface area (Å²) in [5.74, 6) is -7.08. The molecule has 27 heavy (non-hydrogen) atoms. The first-order chi connectivity index (χ1) is 12.3. The Labute approximate surface area is 148 Å². The molecule has 0 bridgehead atoms. The highest BCUT2D eigenvalue weighted by Gasteiger charge is 2.77. The fraction of sp³-hybridized carbons (Fsp3) is 0.200. The second-order valence-corrected chi connectivity index (χ2v) is 5.41. The van der Waals surface area contributed by atoms with Crippen LogP contribution in [-0.4, -0.2) is 18.1 Å². The van der Waals surface area contributed by atoms with E-state index in [-0.39, 0.29) is 11.4 Å². The van der Waals surface area contributed by atoms with Gasteiger partial charge in [0, 0.05) is 23.5 Å². The van der Waals surface area contributed by atoms with E-state index < -0.39 is 41.0 Å². The van der Waals surface area contributed by atoms with Gasteiger partial charge in [0.2, 0.25) is 0 Å². The Kier molecular flexibility index (Phi) is 4.86. The first-order valence-corrected chi connectivity index (χ1v) is 7.08. The summed E-state index contributed by atoms with van der Waals surface area (Å²) in [6, 6.07) is 5.71. The number of nitrogens with two attached hydrogens (primary N) is 4. The maximum atomic E-state index is 13.6. The van der Waals surface area contributed by atoms with Crippen molar-refractivity contribution in [3.05, 3.63) is 36.4 Å². The molecule has 8 N–H and O–H groups in total. The molecule has 0 aliphatic heterocycles. The molecular weight excluding hydrogens is 382 g/mol. The normalized spacial score (nSPS) is 12.7. The van der Waals surface area contributed by atoms with Crippen LogP contribution in [0.1, 0.15) is 0 Å². The molecule has 6 nitrogen and oxygen atoms in total. The average molecular weight is 396 g/mol. The largest absolute Gasteiger partial charge is 0.478 e. The zero-order chi connectivity index (χ0) is 20.6. The van der Waals surface area contributed by atoms with Crippen molar-refractivity contribution in [1.82, 2.24) is 0 Å². The molecule has 2 aromatic carbocycles. The minimum absolute atomic E-state index is 0.180. The second-order valence-electron chi connectivity index (χ2n) is 5.41. The summed E-state index contributed by atoms with van der Waals surface area (Å²) < 4.78 is 90.1. The van der Waals surface area contributed by atoms with Gasteiger partial charge in [-0.1, -0.05) is 0 Å². The number of hydrogen-bond donors (Lipinski definition) is 4. The highest BCUT2D eigenvalue weighted by atomic mass is 19.4. The molecular formula is C15H14F6N4O2. The second kappa shape index (κ2) is 6.52. The van der Waals surface area contributed by atoms with Crippen LogP contribution < -0.4 is 32.4 Å². The molecule has 12 heteroatoms. The van der Waals surface area contributed by atoms with Crippen molar-refractivity contribution in [2.75, 3.05) is 22.9 Å². The lowest BCUT2D eigenvalue weighted by Crippen LogP contribution is -2.65. The molecule has 0 saturated heterocycles. The molecule has 0 atom stereocenters. The van der Waals surface area contributed by atoms with Crippen LogP contribution >= 0.6 is 0 Å². The highest BCUT2D eigenvalue weighted by molar-refractivity contribution is 5.61. The Hall–Kier alpha value is -3.18. The molecule has 0 aliphatic carbocycles. The van der Waals surface area contributed by atoms with E-state index in [9.17, 15) is 26.3 Å². The molecule has 2 rings (SSSR count). The minimum atomic E-state index is -6.08. The fourth-order valence-electron chi connectivity index (χ4n) is 2.00. The van der Waals surface area contributed by atoms with E-state index in [2.05, 4.69) is 9.47 Å². The summed E-state index contributed by atoms with van der Waals surface area (Å²) in [6.45, 7) is 0. The van der Waals surface area contributed by atoms with Gasteiger partial charge in [-0.3, -0.25) is 0 Å². The van der Waals surface area contributed by atoms with Gasteiger partial charge in [0.25, 0.3) is 0 Å². The molecule has 0 spiro atoms. The highest BCUT2D eigenvalue weighted by Crippen LogP contribution is 2.49. The van der Waals surface area contributed by atoms with Crippen molar-refractivity contribution in [3.63, 3.8) is 0 Å². The molecule has 2 aromatic rings. The van der Waals surface area contributed by atoms with Crippen molar-refractivity contribution < 1.29 is 35.8 Å². The van der Waals surface area contributed by atoms with E-state index in [1.165, 1.54) is 12.1 Å². The Morgan fingerprint density at radius 3 is 1.22 bits per heavy atom. The molecule has 0 heterocycles. The molecule has 0 amide bonds. The third-order valence-corrected chi connectivity index (χ3v) is 3.33. The maximum Gasteiger partial charge on any atom is 0.478 e. The van der Waals surface area contributed by atoms with Gasteiger partial charge in [-0.05, 0) is 24.3 Å². The Balaban J connectivity index is 2.67. The summed E-state index contributed by atoms with van der Waals surface area (Å²) >= 11 is 0. The van der Waals surface area contributed by atoms with Gasteiger partial charge in [-0.15, -0.1) is 0 Å². The molecule has 0 radical (unpaired) electrons. The SMILES string of the molecule is Nc1ccc(N)c(OC(Oc2cc(N)ccc2N)(C(F)(F)F)C(F)(F)F)c1. The third-order valence-electron chi connectivity index (χ3n) is 3.33. The van der Waals surface area contributed by atoms with Gasteiger partial charge in [-0.25, -0.2) is 0 Å². The minimum Gasteiger partial charge on any atom is -0.436 e. The van der Waals surface area contributed by atoms with Crippen molar-refractivity contribution in [3.8, 4) is 11.5 Å². The lowest BCUT2D eigenvalue weighted by Gasteiger charge is -2.37. The number of anilines is 4. The van der Waals surface area contributed by atoms with E-state index in [0.29, 0.717) is 12.1 Å². The number of nitrogen functional groups attached to an aromatic ring is 4. The Bertz CT molecular complexity index is 769. The molecule has 148 valence electrons.